The van der Waals surface area contributed by atoms with E-state index in [0.29, 0.717) is 0 Å². The Kier molecular flexibility index (Phi) is 3.33. The maximum absolute atomic E-state index is 12.1. The van der Waals surface area contributed by atoms with Crippen LogP contribution in [-0.2, 0) is 0 Å². The number of benzene rings is 2. The van der Waals surface area contributed by atoms with Crippen molar-refractivity contribution in [2.24, 2.45) is 0 Å². The summed E-state index contributed by atoms with van der Waals surface area (Å²) in [7, 11) is 0. The Morgan fingerprint density at radius 1 is 1.05 bits per heavy atom. The van der Waals surface area contributed by atoms with Crippen LogP contribution in [0.4, 0.5) is 13.2 Å². The number of aromatic nitrogens is 1. The highest BCUT2D eigenvalue weighted by atomic mass is 32.1. The van der Waals surface area contributed by atoms with Crippen molar-refractivity contribution in [1.82, 2.24) is 4.98 Å². The summed E-state index contributed by atoms with van der Waals surface area (Å²) in [5, 5.41) is 0.953. The van der Waals surface area contributed by atoms with E-state index in [2.05, 4.69) is 9.72 Å². The molecule has 0 saturated carbocycles. The molecule has 3 rings (SSSR count). The van der Waals surface area contributed by atoms with Crippen LogP contribution in [0.15, 0.2) is 42.5 Å². The topological polar surface area (TPSA) is 22.1 Å². The second-order valence-electron chi connectivity index (χ2n) is 4.46. The molecule has 0 atom stereocenters. The van der Waals surface area contributed by atoms with E-state index in [-0.39, 0.29) is 5.75 Å². The summed E-state index contributed by atoms with van der Waals surface area (Å²) in [6, 6.07) is 11.6. The van der Waals surface area contributed by atoms with E-state index in [1.807, 2.05) is 25.1 Å². The van der Waals surface area contributed by atoms with Crippen molar-refractivity contribution in [3.63, 3.8) is 0 Å². The lowest BCUT2D eigenvalue weighted by Gasteiger charge is -2.09. The fourth-order valence-corrected chi connectivity index (χ4v) is 3.08. The average molecular weight is 309 g/mol. The normalized spacial score (nSPS) is 11.8. The Morgan fingerprint density at radius 3 is 2.43 bits per heavy atom. The van der Waals surface area contributed by atoms with E-state index >= 15 is 0 Å². The van der Waals surface area contributed by atoms with Gasteiger partial charge in [0.2, 0.25) is 0 Å². The minimum Gasteiger partial charge on any atom is -0.406 e. The van der Waals surface area contributed by atoms with E-state index in [0.717, 1.165) is 26.4 Å². The first kappa shape index (κ1) is 13.9. The molecule has 0 aliphatic rings. The van der Waals surface area contributed by atoms with Gasteiger partial charge in [-0.2, -0.15) is 0 Å². The summed E-state index contributed by atoms with van der Waals surface area (Å²) in [6.07, 6.45) is -4.67. The second-order valence-corrected chi connectivity index (χ2v) is 5.66. The van der Waals surface area contributed by atoms with Gasteiger partial charge in [-0.3, -0.25) is 0 Å². The van der Waals surface area contributed by atoms with Gasteiger partial charge in [-0.1, -0.05) is 24.3 Å². The number of nitrogens with zero attached hydrogens (tertiary/aromatic N) is 1. The van der Waals surface area contributed by atoms with Crippen molar-refractivity contribution in [2.45, 2.75) is 13.3 Å². The Hall–Kier alpha value is -2.08. The molecule has 21 heavy (non-hydrogen) atoms. The maximum Gasteiger partial charge on any atom is 0.573 e. The van der Waals surface area contributed by atoms with Crippen LogP contribution in [0, 0.1) is 6.92 Å². The van der Waals surface area contributed by atoms with Crippen LogP contribution in [0.3, 0.4) is 0 Å². The monoisotopic (exact) mass is 309 g/mol. The highest BCUT2D eigenvalue weighted by Crippen LogP contribution is 2.34. The number of halogens is 3. The first-order chi connectivity index (χ1) is 9.92. The number of hydrogen-bond acceptors (Lipinski definition) is 3. The zero-order valence-electron chi connectivity index (χ0n) is 10.9. The molecule has 0 aliphatic carbocycles. The molecular formula is C15H10F3NOS. The first-order valence-electron chi connectivity index (χ1n) is 6.15. The fourth-order valence-electron chi connectivity index (χ4n) is 2.12. The van der Waals surface area contributed by atoms with Crippen LogP contribution in [0.2, 0.25) is 0 Å². The van der Waals surface area contributed by atoms with E-state index in [9.17, 15) is 13.2 Å². The first-order valence-corrected chi connectivity index (χ1v) is 6.96. The third-order valence-corrected chi connectivity index (χ3v) is 3.94. The fraction of sp³-hybridized carbons (Fsp3) is 0.133. The van der Waals surface area contributed by atoms with Crippen molar-refractivity contribution < 1.29 is 17.9 Å². The summed E-state index contributed by atoms with van der Waals surface area (Å²) in [4.78, 5) is 4.41. The highest BCUT2D eigenvalue weighted by Gasteiger charge is 2.30. The van der Waals surface area contributed by atoms with Crippen LogP contribution in [-0.4, -0.2) is 11.3 Å². The van der Waals surface area contributed by atoms with Crippen molar-refractivity contribution in [1.29, 1.82) is 0 Å². The van der Waals surface area contributed by atoms with Gasteiger partial charge in [0.1, 0.15) is 5.75 Å². The van der Waals surface area contributed by atoms with Gasteiger partial charge in [0.25, 0.3) is 0 Å². The number of ether oxygens (including phenoxy) is 1. The molecule has 0 radical (unpaired) electrons. The van der Waals surface area contributed by atoms with Gasteiger partial charge in [-0.25, -0.2) is 4.98 Å². The van der Waals surface area contributed by atoms with Gasteiger partial charge in [-0.05, 0) is 30.7 Å². The minimum absolute atomic E-state index is 0.223. The molecule has 0 unspecified atom stereocenters. The minimum atomic E-state index is -4.67. The van der Waals surface area contributed by atoms with E-state index in [1.54, 1.807) is 23.5 Å². The van der Waals surface area contributed by atoms with Crippen LogP contribution in [0.5, 0.6) is 5.75 Å². The third-order valence-electron chi connectivity index (χ3n) is 2.92. The van der Waals surface area contributed by atoms with Gasteiger partial charge >= 0.3 is 6.36 Å². The molecule has 108 valence electrons. The second kappa shape index (κ2) is 5.04. The molecule has 0 fully saturated rings. The van der Waals surface area contributed by atoms with Crippen LogP contribution in [0.25, 0.3) is 21.3 Å². The number of rotatable bonds is 2. The van der Waals surface area contributed by atoms with Gasteiger partial charge < -0.3 is 4.74 Å². The zero-order valence-corrected chi connectivity index (χ0v) is 11.8. The molecule has 0 aliphatic heterocycles. The standard InChI is InChI=1S/C15H10F3NOS/c1-9-19-13-4-2-3-12(14(13)21-9)10-5-7-11(8-6-10)20-15(16,17)18/h2-8H,1H3. The molecule has 0 bridgehead atoms. The predicted octanol–water partition coefficient (Wildman–Crippen LogP) is 5.17. The van der Waals surface area contributed by atoms with Crippen molar-refractivity contribution in [3.05, 3.63) is 47.5 Å². The number of hydrogen-bond donors (Lipinski definition) is 0. The average Bonchev–Trinajstić information content (AvgIpc) is 2.78. The molecular weight excluding hydrogens is 299 g/mol. The number of fused-ring (bicyclic) bond motifs is 1. The zero-order chi connectivity index (χ0) is 15.0. The number of alkyl halides is 3. The third kappa shape index (κ3) is 3.00. The van der Waals surface area contributed by atoms with Crippen molar-refractivity contribution in [3.8, 4) is 16.9 Å². The molecule has 0 amide bonds. The lowest BCUT2D eigenvalue weighted by atomic mass is 10.1. The smallest absolute Gasteiger partial charge is 0.406 e. The van der Waals surface area contributed by atoms with Gasteiger partial charge in [0.15, 0.2) is 0 Å². The van der Waals surface area contributed by atoms with Crippen LogP contribution < -0.4 is 4.74 Å². The van der Waals surface area contributed by atoms with Crippen LogP contribution in [0.1, 0.15) is 5.01 Å². The Morgan fingerprint density at radius 2 is 1.76 bits per heavy atom. The molecule has 0 saturated heterocycles. The highest BCUT2D eigenvalue weighted by molar-refractivity contribution is 7.19. The SMILES string of the molecule is Cc1nc2cccc(-c3ccc(OC(F)(F)F)cc3)c2s1. The number of thiazole rings is 1. The van der Waals surface area contributed by atoms with Gasteiger partial charge in [-0.15, -0.1) is 24.5 Å². The molecule has 2 nitrogen and oxygen atoms in total. The lowest BCUT2D eigenvalue weighted by molar-refractivity contribution is -0.274. The number of aryl methyl sites for hydroxylation is 1. The van der Waals surface area contributed by atoms with Crippen molar-refractivity contribution in [2.75, 3.05) is 0 Å². The molecule has 1 aromatic heterocycles. The summed E-state index contributed by atoms with van der Waals surface area (Å²) >= 11 is 1.57. The van der Waals surface area contributed by atoms with E-state index in [1.165, 1.54) is 12.1 Å². The summed E-state index contributed by atoms with van der Waals surface area (Å²) in [5.41, 5.74) is 2.68. The lowest BCUT2D eigenvalue weighted by Crippen LogP contribution is -2.16. The Labute approximate surface area is 122 Å². The summed E-state index contributed by atoms with van der Waals surface area (Å²) in [6.45, 7) is 1.93. The van der Waals surface area contributed by atoms with E-state index < -0.39 is 6.36 Å². The molecule has 3 aromatic rings. The maximum atomic E-state index is 12.1. The molecule has 6 heteroatoms. The Bertz CT molecular complexity index is 778. The summed E-state index contributed by atoms with van der Waals surface area (Å²) < 4.78 is 41.3. The molecule has 1 heterocycles. The largest absolute Gasteiger partial charge is 0.573 e. The molecule has 0 spiro atoms. The van der Waals surface area contributed by atoms with Gasteiger partial charge in [0, 0.05) is 5.56 Å². The quantitative estimate of drug-likeness (QED) is 0.651. The van der Waals surface area contributed by atoms with E-state index in [4.69, 9.17) is 0 Å². The van der Waals surface area contributed by atoms with Crippen LogP contribution >= 0.6 is 11.3 Å². The Balaban J connectivity index is 1.99. The van der Waals surface area contributed by atoms with Gasteiger partial charge in [0.05, 0.1) is 15.2 Å². The molecule has 2 aromatic carbocycles. The predicted molar refractivity (Wildman–Crippen MR) is 76.5 cm³/mol. The van der Waals surface area contributed by atoms with Crippen molar-refractivity contribution >= 4 is 21.6 Å². The molecule has 0 N–H and O–H groups in total. The summed E-state index contributed by atoms with van der Waals surface area (Å²) in [5.74, 6) is -0.223.